The number of rotatable bonds is 2. The lowest BCUT2D eigenvalue weighted by atomic mass is 9.87. The van der Waals surface area contributed by atoms with E-state index in [1.165, 1.54) is 12.1 Å². The maximum absolute atomic E-state index is 13.1. The first-order valence-electron chi connectivity index (χ1n) is 6.15. The van der Waals surface area contributed by atoms with E-state index in [0.29, 0.717) is 11.7 Å². The lowest BCUT2D eigenvalue weighted by molar-refractivity contribution is 0.303. The lowest BCUT2D eigenvalue weighted by Crippen LogP contribution is -2.27. The Morgan fingerprint density at radius 1 is 1.32 bits per heavy atom. The molecule has 0 aliphatic rings. The summed E-state index contributed by atoms with van der Waals surface area (Å²) < 4.78 is 18.3. The zero-order valence-electron chi connectivity index (χ0n) is 11.6. The standard InChI is InChI=1S/C14H18FN3O/c1-8-7-9(15)5-6-10(8)13-17-12(18-19-13)11(16)14(2,3)4/h5-7,11H,16H2,1-4H3. The molecule has 19 heavy (non-hydrogen) atoms. The van der Waals surface area contributed by atoms with Gasteiger partial charge in [-0.2, -0.15) is 4.98 Å². The van der Waals surface area contributed by atoms with Crippen molar-refractivity contribution in [3.8, 4) is 11.5 Å². The maximum Gasteiger partial charge on any atom is 0.258 e. The molecule has 0 aliphatic carbocycles. The van der Waals surface area contributed by atoms with E-state index in [1.54, 1.807) is 13.0 Å². The van der Waals surface area contributed by atoms with Gasteiger partial charge in [0.15, 0.2) is 5.82 Å². The molecule has 2 rings (SSSR count). The van der Waals surface area contributed by atoms with Gasteiger partial charge in [-0.15, -0.1) is 0 Å². The van der Waals surface area contributed by atoms with Crippen LogP contribution in [0.1, 0.15) is 38.2 Å². The van der Waals surface area contributed by atoms with Crippen molar-refractivity contribution in [2.75, 3.05) is 0 Å². The molecule has 1 heterocycles. The summed E-state index contributed by atoms with van der Waals surface area (Å²) in [7, 11) is 0. The second-order valence-electron chi connectivity index (χ2n) is 5.76. The summed E-state index contributed by atoms with van der Waals surface area (Å²) in [6, 6.07) is 4.12. The van der Waals surface area contributed by atoms with Crippen LogP contribution in [-0.2, 0) is 0 Å². The fraction of sp³-hybridized carbons (Fsp3) is 0.429. The molecule has 0 amide bonds. The van der Waals surface area contributed by atoms with Crippen molar-refractivity contribution in [1.29, 1.82) is 0 Å². The number of benzene rings is 1. The topological polar surface area (TPSA) is 64.9 Å². The number of aromatic nitrogens is 2. The van der Waals surface area contributed by atoms with Gasteiger partial charge in [-0.05, 0) is 36.1 Å². The third-order valence-electron chi connectivity index (χ3n) is 3.07. The highest BCUT2D eigenvalue weighted by atomic mass is 19.1. The maximum atomic E-state index is 13.1. The fourth-order valence-electron chi connectivity index (χ4n) is 1.72. The van der Waals surface area contributed by atoms with Crippen LogP contribution in [0.15, 0.2) is 22.7 Å². The van der Waals surface area contributed by atoms with E-state index in [9.17, 15) is 4.39 Å². The summed E-state index contributed by atoms with van der Waals surface area (Å²) in [4.78, 5) is 4.31. The molecule has 102 valence electrons. The highest BCUT2D eigenvalue weighted by Crippen LogP contribution is 2.30. The molecule has 1 unspecified atom stereocenters. The Morgan fingerprint density at radius 2 is 2.00 bits per heavy atom. The van der Waals surface area contributed by atoms with Crippen LogP contribution in [0.2, 0.25) is 0 Å². The quantitative estimate of drug-likeness (QED) is 0.903. The van der Waals surface area contributed by atoms with Crippen molar-refractivity contribution < 1.29 is 8.91 Å². The van der Waals surface area contributed by atoms with E-state index < -0.39 is 0 Å². The molecule has 0 aliphatic heterocycles. The van der Waals surface area contributed by atoms with Crippen LogP contribution < -0.4 is 5.73 Å². The third kappa shape index (κ3) is 2.81. The highest BCUT2D eigenvalue weighted by molar-refractivity contribution is 5.57. The van der Waals surface area contributed by atoms with Crippen molar-refractivity contribution in [3.05, 3.63) is 35.4 Å². The Bertz CT molecular complexity index is 587. The van der Waals surface area contributed by atoms with Crippen LogP contribution in [0.4, 0.5) is 4.39 Å². The van der Waals surface area contributed by atoms with Crippen molar-refractivity contribution in [3.63, 3.8) is 0 Å². The summed E-state index contributed by atoms with van der Waals surface area (Å²) >= 11 is 0. The summed E-state index contributed by atoms with van der Waals surface area (Å²) in [6.07, 6.45) is 0. The van der Waals surface area contributed by atoms with Gasteiger partial charge in [-0.25, -0.2) is 4.39 Å². The number of halogens is 1. The van der Waals surface area contributed by atoms with Crippen molar-refractivity contribution in [2.24, 2.45) is 11.1 Å². The Labute approximate surface area is 111 Å². The van der Waals surface area contributed by atoms with Gasteiger partial charge in [0.1, 0.15) is 5.82 Å². The molecular formula is C14H18FN3O. The van der Waals surface area contributed by atoms with Crippen LogP contribution >= 0.6 is 0 Å². The first kappa shape index (κ1) is 13.7. The third-order valence-corrected chi connectivity index (χ3v) is 3.07. The first-order valence-corrected chi connectivity index (χ1v) is 6.15. The summed E-state index contributed by atoms with van der Waals surface area (Å²) in [6.45, 7) is 7.83. The minimum atomic E-state index is -0.314. The van der Waals surface area contributed by atoms with E-state index in [1.807, 2.05) is 20.8 Å². The molecule has 0 spiro atoms. The summed E-state index contributed by atoms with van der Waals surface area (Å²) in [5.41, 5.74) is 7.40. The minimum Gasteiger partial charge on any atom is -0.334 e. The van der Waals surface area contributed by atoms with Crippen LogP contribution in [0.5, 0.6) is 0 Å². The molecule has 4 nitrogen and oxygen atoms in total. The lowest BCUT2D eigenvalue weighted by Gasteiger charge is -2.23. The molecule has 0 saturated heterocycles. The van der Waals surface area contributed by atoms with Gasteiger partial charge in [-0.1, -0.05) is 25.9 Å². The van der Waals surface area contributed by atoms with Gasteiger partial charge in [-0.3, -0.25) is 0 Å². The van der Waals surface area contributed by atoms with E-state index in [0.717, 1.165) is 11.1 Å². The van der Waals surface area contributed by atoms with Crippen LogP contribution in [0, 0.1) is 18.2 Å². The zero-order chi connectivity index (χ0) is 14.2. The van der Waals surface area contributed by atoms with E-state index in [-0.39, 0.29) is 17.3 Å². The smallest absolute Gasteiger partial charge is 0.258 e. The molecule has 2 N–H and O–H groups in total. The average molecular weight is 263 g/mol. The second kappa shape index (κ2) is 4.74. The first-order chi connectivity index (χ1) is 8.79. The van der Waals surface area contributed by atoms with Crippen molar-refractivity contribution in [2.45, 2.75) is 33.7 Å². The molecule has 1 atom stereocenters. The highest BCUT2D eigenvalue weighted by Gasteiger charge is 2.27. The Balaban J connectivity index is 2.36. The molecule has 5 heteroatoms. The van der Waals surface area contributed by atoms with Crippen molar-refractivity contribution in [1.82, 2.24) is 10.1 Å². The average Bonchev–Trinajstić information content (AvgIpc) is 2.75. The van der Waals surface area contributed by atoms with Crippen LogP contribution in [-0.4, -0.2) is 10.1 Å². The minimum absolute atomic E-state index is 0.154. The van der Waals surface area contributed by atoms with E-state index >= 15 is 0 Å². The summed E-state index contributed by atoms with van der Waals surface area (Å²) in [5.74, 6) is 0.547. The molecule has 1 aromatic carbocycles. The number of aryl methyl sites for hydroxylation is 1. The molecule has 0 radical (unpaired) electrons. The predicted molar refractivity (Wildman–Crippen MR) is 70.8 cm³/mol. The molecular weight excluding hydrogens is 245 g/mol. The number of nitrogens with zero attached hydrogens (tertiary/aromatic N) is 2. The molecule has 0 fully saturated rings. The number of nitrogens with two attached hydrogens (primary N) is 1. The zero-order valence-corrected chi connectivity index (χ0v) is 11.6. The Hall–Kier alpha value is -1.75. The molecule has 0 bridgehead atoms. The van der Waals surface area contributed by atoms with Gasteiger partial charge >= 0.3 is 0 Å². The van der Waals surface area contributed by atoms with Crippen LogP contribution in [0.3, 0.4) is 0 Å². The monoisotopic (exact) mass is 263 g/mol. The van der Waals surface area contributed by atoms with E-state index in [4.69, 9.17) is 10.3 Å². The van der Waals surface area contributed by atoms with Gasteiger partial charge < -0.3 is 10.3 Å². The van der Waals surface area contributed by atoms with Gasteiger partial charge in [0.25, 0.3) is 5.89 Å². The van der Waals surface area contributed by atoms with Crippen LogP contribution in [0.25, 0.3) is 11.5 Å². The molecule has 1 aromatic heterocycles. The SMILES string of the molecule is Cc1cc(F)ccc1-c1nc(C(N)C(C)(C)C)no1. The second-order valence-corrected chi connectivity index (χ2v) is 5.76. The predicted octanol–water partition coefficient (Wildman–Crippen LogP) is 3.23. The molecule has 2 aromatic rings. The van der Waals surface area contributed by atoms with Crippen molar-refractivity contribution >= 4 is 0 Å². The molecule has 0 saturated carbocycles. The van der Waals surface area contributed by atoms with E-state index in [2.05, 4.69) is 10.1 Å². The number of hydrogen-bond acceptors (Lipinski definition) is 4. The fourth-order valence-corrected chi connectivity index (χ4v) is 1.72. The largest absolute Gasteiger partial charge is 0.334 e. The summed E-state index contributed by atoms with van der Waals surface area (Å²) in [5, 5.41) is 3.92. The van der Waals surface area contributed by atoms with Gasteiger partial charge in [0, 0.05) is 5.56 Å². The Morgan fingerprint density at radius 3 is 2.58 bits per heavy atom. The van der Waals surface area contributed by atoms with Gasteiger partial charge in [0.2, 0.25) is 0 Å². The normalized spacial score (nSPS) is 13.6. The van der Waals surface area contributed by atoms with Gasteiger partial charge in [0.05, 0.1) is 6.04 Å². The Kier molecular flexibility index (Phi) is 3.41. The number of hydrogen-bond donors (Lipinski definition) is 1.